The Morgan fingerprint density at radius 3 is 2.67 bits per heavy atom. The first-order valence-corrected chi connectivity index (χ1v) is 5.57. The molecular weight excluding hydrogens is 232 g/mol. The Balaban J connectivity index is 2.15. The van der Waals surface area contributed by atoms with Crippen molar-refractivity contribution in [2.45, 2.75) is 19.5 Å². The lowest BCUT2D eigenvalue weighted by atomic mass is 10.1. The average molecular weight is 246 g/mol. The molecule has 0 saturated carbocycles. The summed E-state index contributed by atoms with van der Waals surface area (Å²) in [5.74, 6) is -0.115. The monoisotopic (exact) mass is 246 g/mol. The summed E-state index contributed by atoms with van der Waals surface area (Å²) in [5.41, 5.74) is 7.55. The van der Waals surface area contributed by atoms with Gasteiger partial charge in [0.1, 0.15) is 0 Å². The minimum atomic E-state index is -0.486. The molecule has 0 aliphatic rings. The lowest BCUT2D eigenvalue weighted by molar-refractivity contribution is -0.390. The molecule has 0 aliphatic heterocycles. The van der Waals surface area contributed by atoms with Crippen molar-refractivity contribution in [3.05, 3.63) is 57.8 Å². The number of hydrogen-bond acceptors (Lipinski definition) is 4. The predicted octanol–water partition coefficient (Wildman–Crippen LogP) is 1.80. The summed E-state index contributed by atoms with van der Waals surface area (Å²) in [7, 11) is 0. The van der Waals surface area contributed by atoms with Crippen LogP contribution in [0.25, 0.3) is 0 Å². The third-order valence-corrected chi connectivity index (χ3v) is 2.70. The zero-order chi connectivity index (χ0) is 13.1. The van der Waals surface area contributed by atoms with Gasteiger partial charge in [-0.3, -0.25) is 0 Å². The molecule has 2 rings (SSSR count). The third kappa shape index (κ3) is 2.54. The van der Waals surface area contributed by atoms with Crippen LogP contribution in [0.5, 0.6) is 0 Å². The molecule has 0 saturated heterocycles. The zero-order valence-electron chi connectivity index (χ0n) is 9.98. The van der Waals surface area contributed by atoms with Crippen LogP contribution in [0.4, 0.5) is 5.82 Å². The highest BCUT2D eigenvalue weighted by Gasteiger charge is 2.18. The molecule has 1 unspecified atom stereocenters. The maximum absolute atomic E-state index is 10.7. The fourth-order valence-corrected chi connectivity index (χ4v) is 1.79. The van der Waals surface area contributed by atoms with Gasteiger partial charge in [-0.2, -0.15) is 4.68 Å². The smallest absolute Gasteiger partial charge is 0.358 e. The molecular formula is C12H14N4O2. The molecule has 0 bridgehead atoms. The number of nitrogens with zero attached hydrogens (tertiary/aromatic N) is 3. The first-order valence-electron chi connectivity index (χ1n) is 5.57. The summed E-state index contributed by atoms with van der Waals surface area (Å²) in [5, 5.41) is 14.6. The summed E-state index contributed by atoms with van der Waals surface area (Å²) >= 11 is 0. The van der Waals surface area contributed by atoms with Crippen molar-refractivity contribution in [3.63, 3.8) is 0 Å². The van der Waals surface area contributed by atoms with Gasteiger partial charge in [0, 0.05) is 0 Å². The van der Waals surface area contributed by atoms with Gasteiger partial charge in [-0.1, -0.05) is 30.3 Å². The standard InChI is InChI=1S/C12H14N4O2/c1-9-7-15(14-12(9)16(17)18)8-11(13)10-5-3-2-4-6-10/h2-7,11H,8,13H2,1H3. The van der Waals surface area contributed by atoms with Crippen LogP contribution in [0.2, 0.25) is 0 Å². The zero-order valence-corrected chi connectivity index (χ0v) is 9.98. The SMILES string of the molecule is Cc1cn(CC(N)c2ccccc2)nc1[N+](=O)[O-]. The maximum atomic E-state index is 10.7. The van der Waals surface area contributed by atoms with E-state index in [-0.39, 0.29) is 11.9 Å². The summed E-state index contributed by atoms with van der Waals surface area (Å²) < 4.78 is 1.52. The second-order valence-corrected chi connectivity index (χ2v) is 4.13. The van der Waals surface area contributed by atoms with E-state index in [1.165, 1.54) is 4.68 Å². The van der Waals surface area contributed by atoms with Crippen molar-refractivity contribution in [1.29, 1.82) is 0 Å². The first-order chi connectivity index (χ1) is 8.58. The minimum absolute atomic E-state index is 0.115. The van der Waals surface area contributed by atoms with Crippen LogP contribution >= 0.6 is 0 Å². The van der Waals surface area contributed by atoms with E-state index in [2.05, 4.69) is 5.10 Å². The van der Waals surface area contributed by atoms with Crippen LogP contribution in [-0.4, -0.2) is 14.7 Å². The topological polar surface area (TPSA) is 87.0 Å². The number of nitro groups is 1. The van der Waals surface area contributed by atoms with Gasteiger partial charge in [-0.15, -0.1) is 0 Å². The Bertz CT molecular complexity index is 550. The summed E-state index contributed by atoms with van der Waals surface area (Å²) in [4.78, 5) is 10.2. The van der Waals surface area contributed by atoms with E-state index in [1.54, 1.807) is 13.1 Å². The number of aromatic nitrogens is 2. The van der Waals surface area contributed by atoms with Gasteiger partial charge < -0.3 is 15.8 Å². The van der Waals surface area contributed by atoms with Gasteiger partial charge in [0.2, 0.25) is 0 Å². The van der Waals surface area contributed by atoms with Crippen molar-refractivity contribution in [1.82, 2.24) is 9.78 Å². The van der Waals surface area contributed by atoms with E-state index < -0.39 is 4.92 Å². The average Bonchev–Trinajstić information content (AvgIpc) is 2.71. The van der Waals surface area contributed by atoms with E-state index in [4.69, 9.17) is 5.73 Å². The molecule has 2 aromatic rings. The maximum Gasteiger partial charge on any atom is 0.392 e. The molecule has 0 amide bonds. The minimum Gasteiger partial charge on any atom is -0.358 e. The van der Waals surface area contributed by atoms with Crippen molar-refractivity contribution in [2.24, 2.45) is 5.73 Å². The highest BCUT2D eigenvalue weighted by atomic mass is 16.6. The molecule has 94 valence electrons. The van der Waals surface area contributed by atoms with Gasteiger partial charge in [0.25, 0.3) is 0 Å². The van der Waals surface area contributed by atoms with Crippen molar-refractivity contribution < 1.29 is 4.92 Å². The van der Waals surface area contributed by atoms with Gasteiger partial charge in [-0.05, 0) is 17.4 Å². The number of rotatable bonds is 4. The lowest BCUT2D eigenvalue weighted by Crippen LogP contribution is -2.17. The Labute approximate surface area is 104 Å². The molecule has 6 nitrogen and oxygen atoms in total. The van der Waals surface area contributed by atoms with Crippen LogP contribution < -0.4 is 5.73 Å². The van der Waals surface area contributed by atoms with Gasteiger partial charge in [-0.25, -0.2) is 0 Å². The molecule has 1 atom stereocenters. The molecule has 2 N–H and O–H groups in total. The molecule has 1 heterocycles. The van der Waals surface area contributed by atoms with Crippen LogP contribution in [0.3, 0.4) is 0 Å². The van der Waals surface area contributed by atoms with E-state index >= 15 is 0 Å². The molecule has 6 heteroatoms. The Kier molecular flexibility index (Phi) is 3.38. The number of aryl methyl sites for hydroxylation is 1. The van der Waals surface area contributed by atoms with Crippen LogP contribution in [0.1, 0.15) is 17.2 Å². The van der Waals surface area contributed by atoms with Crippen LogP contribution in [0.15, 0.2) is 36.5 Å². The Morgan fingerprint density at radius 2 is 2.11 bits per heavy atom. The van der Waals surface area contributed by atoms with E-state index in [1.807, 2.05) is 30.3 Å². The molecule has 18 heavy (non-hydrogen) atoms. The fraction of sp³-hybridized carbons (Fsp3) is 0.250. The molecule has 0 fully saturated rings. The van der Waals surface area contributed by atoms with E-state index in [9.17, 15) is 10.1 Å². The Hall–Kier alpha value is -2.21. The first kappa shape index (κ1) is 12.3. The molecule has 1 aromatic carbocycles. The highest BCUT2D eigenvalue weighted by molar-refractivity contribution is 5.28. The van der Waals surface area contributed by atoms with Crippen molar-refractivity contribution in [3.8, 4) is 0 Å². The van der Waals surface area contributed by atoms with Crippen molar-refractivity contribution >= 4 is 5.82 Å². The number of benzene rings is 1. The highest BCUT2D eigenvalue weighted by Crippen LogP contribution is 2.17. The third-order valence-electron chi connectivity index (χ3n) is 2.70. The second kappa shape index (κ2) is 4.97. The predicted molar refractivity (Wildman–Crippen MR) is 67.0 cm³/mol. The van der Waals surface area contributed by atoms with E-state index in [0.29, 0.717) is 12.1 Å². The second-order valence-electron chi connectivity index (χ2n) is 4.13. The van der Waals surface area contributed by atoms with Gasteiger partial charge in [0.05, 0.1) is 29.4 Å². The quantitative estimate of drug-likeness (QED) is 0.658. The Morgan fingerprint density at radius 1 is 1.44 bits per heavy atom. The largest absolute Gasteiger partial charge is 0.392 e. The van der Waals surface area contributed by atoms with Crippen LogP contribution in [0, 0.1) is 17.0 Å². The van der Waals surface area contributed by atoms with Crippen LogP contribution in [-0.2, 0) is 6.54 Å². The lowest BCUT2D eigenvalue weighted by Gasteiger charge is -2.09. The molecule has 1 aromatic heterocycles. The van der Waals surface area contributed by atoms with Gasteiger partial charge in [0.15, 0.2) is 0 Å². The van der Waals surface area contributed by atoms with E-state index in [0.717, 1.165) is 5.56 Å². The molecule has 0 radical (unpaired) electrons. The van der Waals surface area contributed by atoms with Gasteiger partial charge >= 0.3 is 5.82 Å². The summed E-state index contributed by atoms with van der Waals surface area (Å²) in [6, 6.07) is 9.35. The molecule has 0 spiro atoms. The number of hydrogen-bond donors (Lipinski definition) is 1. The molecule has 0 aliphatic carbocycles. The van der Waals surface area contributed by atoms with Crippen molar-refractivity contribution in [2.75, 3.05) is 0 Å². The summed E-state index contributed by atoms with van der Waals surface area (Å²) in [6.07, 6.45) is 1.64. The normalized spacial score (nSPS) is 12.3. The summed E-state index contributed by atoms with van der Waals surface area (Å²) in [6.45, 7) is 2.08. The number of nitrogens with two attached hydrogens (primary N) is 1. The fourth-order valence-electron chi connectivity index (χ4n) is 1.79.